The monoisotopic (exact) mass is 237 g/mol. The average Bonchev–Trinajstić information content (AvgIpc) is 2.65. The molecule has 0 aromatic carbocycles. The second kappa shape index (κ2) is 5.67. The Labute approximate surface area is 106 Å². The molecule has 0 aliphatic heterocycles. The van der Waals surface area contributed by atoms with E-state index in [1.54, 1.807) is 0 Å². The van der Waals surface area contributed by atoms with Gasteiger partial charge in [0.15, 0.2) is 0 Å². The van der Waals surface area contributed by atoms with Crippen LogP contribution in [0, 0.1) is 11.8 Å². The van der Waals surface area contributed by atoms with Crippen molar-refractivity contribution in [3.8, 4) is 0 Å². The molecule has 0 radical (unpaired) electrons. The largest absolute Gasteiger partial charge is 0.312 e. The van der Waals surface area contributed by atoms with Crippen LogP contribution >= 0.6 is 0 Å². The zero-order valence-corrected chi connectivity index (χ0v) is 12.1. The molecule has 0 aliphatic carbocycles. The minimum Gasteiger partial charge on any atom is -0.312 e. The van der Waals surface area contributed by atoms with Crippen LogP contribution in [0.4, 0.5) is 0 Å². The molecule has 0 saturated carbocycles. The van der Waals surface area contributed by atoms with Crippen LogP contribution in [0.5, 0.6) is 0 Å². The van der Waals surface area contributed by atoms with Crippen molar-refractivity contribution in [3.63, 3.8) is 0 Å². The zero-order chi connectivity index (χ0) is 13.1. The molecule has 1 N–H and O–H groups in total. The summed E-state index contributed by atoms with van der Waals surface area (Å²) in [4.78, 5) is 0. The van der Waals surface area contributed by atoms with Crippen LogP contribution in [-0.2, 0) is 12.1 Å². The van der Waals surface area contributed by atoms with E-state index in [1.165, 1.54) is 5.56 Å². The fourth-order valence-corrected chi connectivity index (χ4v) is 1.50. The Bertz CT molecular complexity index is 333. The topological polar surface area (TPSA) is 29.9 Å². The van der Waals surface area contributed by atoms with Crippen molar-refractivity contribution < 1.29 is 0 Å². The van der Waals surface area contributed by atoms with Crippen molar-refractivity contribution in [1.82, 2.24) is 15.1 Å². The van der Waals surface area contributed by atoms with Crippen LogP contribution < -0.4 is 5.32 Å². The molecule has 1 atom stereocenters. The van der Waals surface area contributed by atoms with Gasteiger partial charge in [-0.3, -0.25) is 4.68 Å². The summed E-state index contributed by atoms with van der Waals surface area (Å²) in [5.74, 6) is 1.45. The summed E-state index contributed by atoms with van der Waals surface area (Å²) >= 11 is 0. The summed E-state index contributed by atoms with van der Waals surface area (Å²) in [5, 5.41) is 7.89. The van der Waals surface area contributed by atoms with E-state index in [0.29, 0.717) is 5.92 Å². The smallest absolute Gasteiger partial charge is 0.0543 e. The highest BCUT2D eigenvalue weighted by Gasteiger charge is 2.13. The van der Waals surface area contributed by atoms with Gasteiger partial charge in [0.1, 0.15) is 0 Å². The van der Waals surface area contributed by atoms with E-state index < -0.39 is 0 Å². The maximum absolute atomic E-state index is 4.40. The lowest BCUT2D eigenvalue weighted by Crippen LogP contribution is -2.24. The lowest BCUT2D eigenvalue weighted by Gasteiger charge is -2.18. The molecule has 3 heteroatoms. The molecule has 0 aliphatic rings. The van der Waals surface area contributed by atoms with Crippen LogP contribution in [0.15, 0.2) is 12.4 Å². The third-order valence-corrected chi connectivity index (χ3v) is 3.26. The van der Waals surface area contributed by atoms with E-state index in [-0.39, 0.29) is 5.54 Å². The first-order chi connectivity index (χ1) is 7.80. The summed E-state index contributed by atoms with van der Waals surface area (Å²) in [6.07, 6.45) is 4.09. The number of nitrogens with zero attached hydrogens (tertiary/aromatic N) is 2. The molecular weight excluding hydrogens is 210 g/mol. The van der Waals surface area contributed by atoms with Crippen LogP contribution in [0.25, 0.3) is 0 Å². The maximum atomic E-state index is 4.40. The number of nitrogens with one attached hydrogen (secondary N) is 1. The molecular formula is C14H27N3. The van der Waals surface area contributed by atoms with Crippen molar-refractivity contribution in [1.29, 1.82) is 0 Å². The van der Waals surface area contributed by atoms with E-state index in [1.807, 2.05) is 10.9 Å². The summed E-state index contributed by atoms with van der Waals surface area (Å²) < 4.78 is 2.02. The number of hydrogen-bond donors (Lipinski definition) is 1. The molecule has 0 spiro atoms. The molecule has 1 heterocycles. The Morgan fingerprint density at radius 3 is 2.41 bits per heavy atom. The summed E-state index contributed by atoms with van der Waals surface area (Å²) in [6.45, 7) is 15.3. The van der Waals surface area contributed by atoms with Gasteiger partial charge in [-0.25, -0.2) is 0 Å². The molecule has 1 rings (SSSR count). The van der Waals surface area contributed by atoms with Crippen LogP contribution in [0.2, 0.25) is 0 Å². The van der Waals surface area contributed by atoms with Crippen molar-refractivity contribution in [3.05, 3.63) is 18.0 Å². The summed E-state index contributed by atoms with van der Waals surface area (Å²) in [5.41, 5.74) is 1.33. The predicted octanol–water partition coefficient (Wildman–Crippen LogP) is 3.02. The fourth-order valence-electron chi connectivity index (χ4n) is 1.50. The lowest BCUT2D eigenvalue weighted by molar-refractivity contribution is 0.355. The van der Waals surface area contributed by atoms with Crippen LogP contribution in [-0.4, -0.2) is 16.3 Å². The first-order valence-electron chi connectivity index (χ1n) is 6.55. The quantitative estimate of drug-likeness (QED) is 0.853. The molecule has 98 valence electrons. The molecule has 1 aromatic rings. The predicted molar refractivity (Wildman–Crippen MR) is 72.9 cm³/mol. The van der Waals surface area contributed by atoms with Crippen molar-refractivity contribution in [2.45, 2.75) is 53.6 Å². The van der Waals surface area contributed by atoms with E-state index in [9.17, 15) is 0 Å². The Morgan fingerprint density at radius 2 is 1.94 bits per heavy atom. The number of hydrogen-bond acceptors (Lipinski definition) is 2. The van der Waals surface area contributed by atoms with Crippen molar-refractivity contribution in [2.75, 3.05) is 6.54 Å². The maximum Gasteiger partial charge on any atom is 0.0543 e. The van der Waals surface area contributed by atoms with Gasteiger partial charge in [-0.15, -0.1) is 0 Å². The molecule has 3 nitrogen and oxygen atoms in total. The second-order valence-electron chi connectivity index (χ2n) is 6.32. The molecule has 0 amide bonds. The normalized spacial score (nSPS) is 14.3. The second-order valence-corrected chi connectivity index (χ2v) is 6.32. The Hall–Kier alpha value is -0.830. The van der Waals surface area contributed by atoms with Gasteiger partial charge in [0.2, 0.25) is 0 Å². The highest BCUT2D eigenvalue weighted by molar-refractivity contribution is 5.04. The zero-order valence-electron chi connectivity index (χ0n) is 12.1. The third-order valence-electron chi connectivity index (χ3n) is 3.26. The fraction of sp³-hybridized carbons (Fsp3) is 0.786. The van der Waals surface area contributed by atoms with Gasteiger partial charge < -0.3 is 5.32 Å². The number of rotatable bonds is 5. The standard InChI is InChI=1S/C14H27N3/c1-11(2)12(3)7-15-8-13-9-16-17(10-13)14(4,5)6/h9-12,15H,7-8H2,1-6H3. The molecule has 17 heavy (non-hydrogen) atoms. The van der Waals surface area contributed by atoms with E-state index in [0.717, 1.165) is 19.0 Å². The van der Waals surface area contributed by atoms with Crippen molar-refractivity contribution >= 4 is 0 Å². The minimum absolute atomic E-state index is 0.0729. The van der Waals surface area contributed by atoms with Gasteiger partial charge >= 0.3 is 0 Å². The van der Waals surface area contributed by atoms with Gasteiger partial charge in [0.25, 0.3) is 0 Å². The SMILES string of the molecule is CC(C)C(C)CNCc1cnn(C(C)(C)C)c1. The summed E-state index contributed by atoms with van der Waals surface area (Å²) in [7, 11) is 0. The Balaban J connectivity index is 2.41. The van der Waals surface area contributed by atoms with Gasteiger partial charge in [-0.1, -0.05) is 20.8 Å². The van der Waals surface area contributed by atoms with Crippen LogP contribution in [0.3, 0.4) is 0 Å². The van der Waals surface area contributed by atoms with Gasteiger partial charge in [-0.05, 0) is 39.2 Å². The van der Waals surface area contributed by atoms with Gasteiger partial charge in [0, 0.05) is 18.3 Å². The number of aromatic nitrogens is 2. The highest BCUT2D eigenvalue weighted by atomic mass is 15.3. The molecule has 0 bridgehead atoms. The van der Waals surface area contributed by atoms with E-state index in [2.05, 4.69) is 58.2 Å². The minimum atomic E-state index is 0.0729. The van der Waals surface area contributed by atoms with Gasteiger partial charge in [-0.2, -0.15) is 5.10 Å². The van der Waals surface area contributed by atoms with E-state index >= 15 is 0 Å². The first-order valence-corrected chi connectivity index (χ1v) is 6.55. The average molecular weight is 237 g/mol. The molecule has 0 saturated heterocycles. The first kappa shape index (κ1) is 14.2. The third kappa shape index (κ3) is 4.50. The van der Waals surface area contributed by atoms with Gasteiger partial charge in [0.05, 0.1) is 11.7 Å². The Morgan fingerprint density at radius 1 is 1.29 bits per heavy atom. The van der Waals surface area contributed by atoms with Crippen LogP contribution in [0.1, 0.15) is 47.1 Å². The van der Waals surface area contributed by atoms with Crippen molar-refractivity contribution in [2.24, 2.45) is 11.8 Å². The Kier molecular flexibility index (Phi) is 4.75. The molecule has 0 fully saturated rings. The highest BCUT2D eigenvalue weighted by Crippen LogP contribution is 2.13. The molecule has 1 unspecified atom stereocenters. The summed E-state index contributed by atoms with van der Waals surface area (Å²) in [6, 6.07) is 0. The lowest BCUT2D eigenvalue weighted by atomic mass is 9.98. The molecule has 1 aromatic heterocycles. The van der Waals surface area contributed by atoms with E-state index in [4.69, 9.17) is 0 Å².